The molecule has 1 atom stereocenters. The molecule has 1 fully saturated rings. The molecule has 0 aromatic heterocycles. The maximum atomic E-state index is 12.2. The molecule has 0 saturated heterocycles. The van der Waals surface area contributed by atoms with Crippen LogP contribution in [0.5, 0.6) is 0 Å². The summed E-state index contributed by atoms with van der Waals surface area (Å²) in [6, 6.07) is -0.287. The molecule has 4 nitrogen and oxygen atoms in total. The molecule has 0 spiro atoms. The van der Waals surface area contributed by atoms with Crippen LogP contribution in [-0.2, 0) is 9.59 Å². The standard InChI is InChI=1S/C13H23NO3/c1-9(2)8-13(5-4-6-13)12(17)14-10(3)7-11(15)16/h9-10H,4-8H2,1-3H3,(H,14,17)(H,15,16)/t10-/m1/s1. The van der Waals surface area contributed by atoms with E-state index in [0.717, 1.165) is 25.7 Å². The largest absolute Gasteiger partial charge is 0.481 e. The van der Waals surface area contributed by atoms with E-state index in [1.165, 1.54) is 0 Å². The fourth-order valence-electron chi connectivity index (χ4n) is 2.60. The number of carboxylic acid groups (broad SMARTS) is 1. The second kappa shape index (κ2) is 5.52. The first-order valence-corrected chi connectivity index (χ1v) is 6.38. The minimum absolute atomic E-state index is 0.0104. The highest BCUT2D eigenvalue weighted by Gasteiger charge is 2.44. The molecule has 1 rings (SSSR count). The van der Waals surface area contributed by atoms with Crippen LogP contribution in [0.15, 0.2) is 0 Å². The van der Waals surface area contributed by atoms with E-state index in [1.807, 2.05) is 0 Å². The maximum absolute atomic E-state index is 12.2. The SMILES string of the molecule is CC(C)CC1(C(=O)N[C@H](C)CC(=O)O)CCC1. The zero-order valence-electron chi connectivity index (χ0n) is 11.0. The quantitative estimate of drug-likeness (QED) is 0.749. The van der Waals surface area contributed by atoms with Crippen LogP contribution in [0.4, 0.5) is 0 Å². The average molecular weight is 241 g/mol. The van der Waals surface area contributed by atoms with Gasteiger partial charge in [0.1, 0.15) is 0 Å². The number of aliphatic carboxylic acids is 1. The first kappa shape index (κ1) is 14.0. The molecule has 4 heteroatoms. The van der Waals surface area contributed by atoms with Crippen LogP contribution in [-0.4, -0.2) is 23.0 Å². The predicted octanol–water partition coefficient (Wildman–Crippen LogP) is 2.18. The molecule has 1 aliphatic carbocycles. The number of carboxylic acids is 1. The highest BCUT2D eigenvalue weighted by atomic mass is 16.4. The van der Waals surface area contributed by atoms with E-state index >= 15 is 0 Å². The molecule has 0 aliphatic heterocycles. The van der Waals surface area contributed by atoms with Gasteiger partial charge in [0.25, 0.3) is 0 Å². The van der Waals surface area contributed by atoms with Gasteiger partial charge in [-0.15, -0.1) is 0 Å². The van der Waals surface area contributed by atoms with Gasteiger partial charge in [-0.3, -0.25) is 9.59 Å². The molecular weight excluding hydrogens is 218 g/mol. The molecule has 0 radical (unpaired) electrons. The van der Waals surface area contributed by atoms with Crippen LogP contribution in [0.1, 0.15) is 52.9 Å². The van der Waals surface area contributed by atoms with Crippen molar-refractivity contribution in [2.45, 2.75) is 58.9 Å². The van der Waals surface area contributed by atoms with E-state index in [9.17, 15) is 9.59 Å². The van der Waals surface area contributed by atoms with Crippen molar-refractivity contribution < 1.29 is 14.7 Å². The summed E-state index contributed by atoms with van der Waals surface area (Å²) in [4.78, 5) is 22.7. The Labute approximate surface area is 103 Å². The van der Waals surface area contributed by atoms with Crippen LogP contribution in [0.25, 0.3) is 0 Å². The van der Waals surface area contributed by atoms with Gasteiger partial charge in [0.05, 0.1) is 6.42 Å². The third-order valence-corrected chi connectivity index (χ3v) is 3.45. The van der Waals surface area contributed by atoms with Crippen molar-refractivity contribution in [3.05, 3.63) is 0 Å². The summed E-state index contributed by atoms with van der Waals surface area (Å²) >= 11 is 0. The Kier molecular flexibility index (Phi) is 4.54. The van der Waals surface area contributed by atoms with Gasteiger partial charge in [-0.05, 0) is 32.1 Å². The van der Waals surface area contributed by atoms with Crippen molar-refractivity contribution in [1.29, 1.82) is 0 Å². The minimum atomic E-state index is -0.871. The molecule has 98 valence electrons. The first-order valence-electron chi connectivity index (χ1n) is 6.38. The van der Waals surface area contributed by atoms with Gasteiger partial charge >= 0.3 is 5.97 Å². The maximum Gasteiger partial charge on any atom is 0.305 e. The lowest BCUT2D eigenvalue weighted by molar-refractivity contribution is -0.140. The van der Waals surface area contributed by atoms with E-state index in [0.29, 0.717) is 5.92 Å². The van der Waals surface area contributed by atoms with Crippen molar-refractivity contribution in [2.24, 2.45) is 11.3 Å². The van der Waals surface area contributed by atoms with E-state index in [1.54, 1.807) is 6.92 Å². The molecule has 0 unspecified atom stereocenters. The molecule has 0 aromatic rings. The van der Waals surface area contributed by atoms with Gasteiger partial charge in [-0.25, -0.2) is 0 Å². The molecule has 1 amide bonds. The van der Waals surface area contributed by atoms with Crippen molar-refractivity contribution >= 4 is 11.9 Å². The number of hydrogen-bond donors (Lipinski definition) is 2. The number of carbonyl (C=O) groups excluding carboxylic acids is 1. The van der Waals surface area contributed by atoms with Crippen LogP contribution in [0.2, 0.25) is 0 Å². The van der Waals surface area contributed by atoms with Crippen molar-refractivity contribution in [1.82, 2.24) is 5.32 Å². The lowest BCUT2D eigenvalue weighted by Crippen LogP contribution is -2.49. The zero-order chi connectivity index (χ0) is 13.1. The number of nitrogens with one attached hydrogen (secondary N) is 1. The molecule has 0 heterocycles. The second-order valence-electron chi connectivity index (χ2n) is 5.70. The number of rotatable bonds is 6. The van der Waals surface area contributed by atoms with E-state index in [2.05, 4.69) is 19.2 Å². The van der Waals surface area contributed by atoms with Gasteiger partial charge in [0.15, 0.2) is 0 Å². The molecule has 1 saturated carbocycles. The van der Waals surface area contributed by atoms with E-state index in [-0.39, 0.29) is 23.8 Å². The average Bonchev–Trinajstić information content (AvgIpc) is 2.08. The van der Waals surface area contributed by atoms with E-state index < -0.39 is 5.97 Å². The Morgan fingerprint density at radius 3 is 2.24 bits per heavy atom. The summed E-state index contributed by atoms with van der Waals surface area (Å²) in [6.45, 7) is 5.98. The third kappa shape index (κ3) is 3.72. The third-order valence-electron chi connectivity index (χ3n) is 3.45. The summed E-state index contributed by atoms with van der Waals surface area (Å²) in [5.74, 6) is -0.327. The lowest BCUT2D eigenvalue weighted by Gasteiger charge is -2.42. The normalized spacial score (nSPS) is 19.5. The minimum Gasteiger partial charge on any atom is -0.481 e. The molecule has 0 aromatic carbocycles. The number of hydrogen-bond acceptors (Lipinski definition) is 2. The summed E-state index contributed by atoms with van der Waals surface area (Å²) < 4.78 is 0. The Bertz CT molecular complexity index is 295. The summed E-state index contributed by atoms with van der Waals surface area (Å²) in [6.07, 6.45) is 3.88. The van der Waals surface area contributed by atoms with Gasteiger partial charge in [-0.2, -0.15) is 0 Å². The zero-order valence-corrected chi connectivity index (χ0v) is 11.0. The highest BCUT2D eigenvalue weighted by Crippen LogP contribution is 2.46. The summed E-state index contributed by atoms with van der Waals surface area (Å²) in [7, 11) is 0. The lowest BCUT2D eigenvalue weighted by atomic mass is 9.64. The monoisotopic (exact) mass is 241 g/mol. The van der Waals surface area contributed by atoms with Crippen molar-refractivity contribution in [3.63, 3.8) is 0 Å². The van der Waals surface area contributed by atoms with Crippen LogP contribution in [0.3, 0.4) is 0 Å². The van der Waals surface area contributed by atoms with Crippen molar-refractivity contribution in [3.8, 4) is 0 Å². The van der Waals surface area contributed by atoms with Gasteiger partial charge < -0.3 is 10.4 Å². The Balaban J connectivity index is 2.52. The molecule has 0 bridgehead atoms. The van der Waals surface area contributed by atoms with E-state index in [4.69, 9.17) is 5.11 Å². The molecule has 2 N–H and O–H groups in total. The van der Waals surface area contributed by atoms with Gasteiger partial charge in [-0.1, -0.05) is 20.3 Å². The second-order valence-corrected chi connectivity index (χ2v) is 5.70. The van der Waals surface area contributed by atoms with Gasteiger partial charge in [0.2, 0.25) is 5.91 Å². The fraction of sp³-hybridized carbons (Fsp3) is 0.846. The molecular formula is C13H23NO3. The highest BCUT2D eigenvalue weighted by molar-refractivity contribution is 5.84. The van der Waals surface area contributed by atoms with Gasteiger partial charge in [0, 0.05) is 11.5 Å². The predicted molar refractivity (Wildman–Crippen MR) is 65.6 cm³/mol. The molecule has 1 aliphatic rings. The van der Waals surface area contributed by atoms with Crippen molar-refractivity contribution in [2.75, 3.05) is 0 Å². The van der Waals surface area contributed by atoms with Crippen LogP contribution < -0.4 is 5.32 Å². The Morgan fingerprint density at radius 2 is 1.88 bits per heavy atom. The Morgan fingerprint density at radius 1 is 1.29 bits per heavy atom. The number of carbonyl (C=O) groups is 2. The smallest absolute Gasteiger partial charge is 0.305 e. The Hall–Kier alpha value is -1.06. The topological polar surface area (TPSA) is 66.4 Å². The summed E-state index contributed by atoms with van der Waals surface area (Å²) in [5.41, 5.74) is -0.221. The number of amides is 1. The molecule has 17 heavy (non-hydrogen) atoms. The van der Waals surface area contributed by atoms with Crippen LogP contribution >= 0.6 is 0 Å². The first-order chi connectivity index (χ1) is 7.85. The van der Waals surface area contributed by atoms with Crippen LogP contribution in [0, 0.1) is 11.3 Å². The fourth-order valence-corrected chi connectivity index (χ4v) is 2.60. The summed E-state index contributed by atoms with van der Waals surface area (Å²) in [5, 5.41) is 11.5.